The van der Waals surface area contributed by atoms with Crippen molar-refractivity contribution < 1.29 is 32.5 Å². The number of hydrogen-bond acceptors (Lipinski definition) is 7. The molecule has 0 spiro atoms. The smallest absolute Gasteiger partial charge is 0.421 e. The van der Waals surface area contributed by atoms with Crippen molar-refractivity contribution in [3.63, 3.8) is 0 Å². The van der Waals surface area contributed by atoms with Gasteiger partial charge in [0.1, 0.15) is 30.3 Å². The van der Waals surface area contributed by atoms with Crippen LogP contribution in [0, 0.1) is 0 Å². The third-order valence-electron chi connectivity index (χ3n) is 4.19. The van der Waals surface area contributed by atoms with Gasteiger partial charge in [0.25, 0.3) is 0 Å². The highest BCUT2D eigenvalue weighted by Gasteiger charge is 2.39. The van der Waals surface area contributed by atoms with Gasteiger partial charge in [-0.1, -0.05) is 19.8 Å². The summed E-state index contributed by atoms with van der Waals surface area (Å²) in [5, 5.41) is 10.0. The minimum atomic E-state index is -4.79. The molecule has 27 heavy (non-hydrogen) atoms. The molecule has 1 aliphatic heterocycles. The van der Waals surface area contributed by atoms with Gasteiger partial charge in [-0.2, -0.15) is 18.2 Å². The van der Waals surface area contributed by atoms with Crippen LogP contribution in [0.3, 0.4) is 0 Å². The number of aromatic nitrogens is 2. The predicted octanol–water partition coefficient (Wildman–Crippen LogP) is 1.62. The minimum Gasteiger partial charge on any atom is -0.463 e. The molecule has 1 aliphatic rings. The summed E-state index contributed by atoms with van der Waals surface area (Å²) in [4.78, 5) is 26.7. The number of nitrogens with zero attached hydrogens (tertiary/aromatic N) is 2. The predicted molar refractivity (Wildman–Crippen MR) is 87.5 cm³/mol. The zero-order valence-corrected chi connectivity index (χ0v) is 14.7. The average Bonchev–Trinajstić information content (AvgIpc) is 2.92. The number of nitrogen functional groups attached to an aromatic ring is 1. The molecule has 0 radical (unpaired) electrons. The molecule has 0 bridgehead atoms. The van der Waals surface area contributed by atoms with E-state index in [9.17, 15) is 27.9 Å². The van der Waals surface area contributed by atoms with E-state index in [2.05, 4.69) is 4.98 Å². The summed E-state index contributed by atoms with van der Waals surface area (Å²) in [6.45, 7) is 1.73. The maximum atomic E-state index is 13.0. The minimum absolute atomic E-state index is 0.152. The standard InChI is InChI=1S/C16H22F3N3O5/c1-2-3-4-5-13(24)26-8-11-10(23)6-12(27-11)22-7-9(16(17,18)19)14(20)21-15(22)25/h7,10-12,23H,2-6,8H2,1H3,(H2,20,21,25)/t10-,11+,12+/m0/s1. The number of alkyl halides is 3. The zero-order chi connectivity index (χ0) is 20.2. The fraction of sp³-hybridized carbons (Fsp3) is 0.688. The van der Waals surface area contributed by atoms with Crippen molar-refractivity contribution in [3.05, 3.63) is 22.2 Å². The topological polar surface area (TPSA) is 117 Å². The Bertz CT molecular complexity index is 722. The third kappa shape index (κ3) is 5.42. The van der Waals surface area contributed by atoms with Crippen LogP contribution in [0.15, 0.2) is 11.0 Å². The summed E-state index contributed by atoms with van der Waals surface area (Å²) < 4.78 is 49.9. The number of nitrogens with two attached hydrogens (primary N) is 1. The lowest BCUT2D eigenvalue weighted by Crippen LogP contribution is -2.31. The highest BCUT2D eigenvalue weighted by atomic mass is 19.4. The number of carbonyl (C=O) groups is 1. The fourth-order valence-corrected chi connectivity index (χ4v) is 2.71. The number of rotatable bonds is 7. The number of hydrogen-bond donors (Lipinski definition) is 2. The van der Waals surface area contributed by atoms with Crippen LogP contribution in [0.1, 0.15) is 50.8 Å². The van der Waals surface area contributed by atoms with E-state index in [4.69, 9.17) is 15.2 Å². The summed E-state index contributed by atoms with van der Waals surface area (Å²) >= 11 is 0. The SMILES string of the molecule is CCCCCC(=O)OC[C@H]1O[C@@H](n2cc(C(F)(F)F)c(N)nc2=O)C[C@@H]1O. The van der Waals surface area contributed by atoms with Gasteiger partial charge in [-0.3, -0.25) is 9.36 Å². The zero-order valence-electron chi connectivity index (χ0n) is 14.7. The lowest BCUT2D eigenvalue weighted by atomic mass is 10.2. The highest BCUT2D eigenvalue weighted by Crippen LogP contribution is 2.34. The van der Waals surface area contributed by atoms with Gasteiger partial charge < -0.3 is 20.3 Å². The van der Waals surface area contributed by atoms with E-state index >= 15 is 0 Å². The second kappa shape index (κ2) is 8.70. The van der Waals surface area contributed by atoms with E-state index in [0.717, 1.165) is 12.8 Å². The Morgan fingerprint density at radius 1 is 1.48 bits per heavy atom. The average molecular weight is 393 g/mol. The van der Waals surface area contributed by atoms with Crippen molar-refractivity contribution in [1.82, 2.24) is 9.55 Å². The maximum Gasteiger partial charge on any atom is 0.421 e. The third-order valence-corrected chi connectivity index (χ3v) is 4.19. The Morgan fingerprint density at radius 3 is 2.81 bits per heavy atom. The van der Waals surface area contributed by atoms with Gasteiger partial charge in [-0.15, -0.1) is 0 Å². The molecule has 0 amide bonds. The van der Waals surface area contributed by atoms with E-state index < -0.39 is 47.7 Å². The number of anilines is 1. The second-order valence-corrected chi connectivity index (χ2v) is 6.30. The molecule has 3 N–H and O–H groups in total. The first-order valence-electron chi connectivity index (χ1n) is 8.58. The molecule has 0 aromatic carbocycles. The molecule has 2 heterocycles. The highest BCUT2D eigenvalue weighted by molar-refractivity contribution is 5.69. The largest absolute Gasteiger partial charge is 0.463 e. The van der Waals surface area contributed by atoms with Crippen molar-refractivity contribution >= 4 is 11.8 Å². The molecule has 3 atom stereocenters. The van der Waals surface area contributed by atoms with Crippen LogP contribution in [0.4, 0.5) is 19.0 Å². The Hall–Kier alpha value is -2.14. The molecule has 0 saturated carbocycles. The Labute approximate surface area is 153 Å². The molecular weight excluding hydrogens is 371 g/mol. The van der Waals surface area contributed by atoms with Gasteiger partial charge >= 0.3 is 17.8 Å². The molecule has 1 saturated heterocycles. The van der Waals surface area contributed by atoms with Crippen LogP contribution in [-0.4, -0.2) is 39.4 Å². The van der Waals surface area contributed by atoms with E-state index in [-0.39, 0.29) is 19.4 Å². The number of halogens is 3. The summed E-state index contributed by atoms with van der Waals surface area (Å²) in [6, 6.07) is 0. The van der Waals surface area contributed by atoms with Crippen LogP contribution in [0.25, 0.3) is 0 Å². The Balaban J connectivity index is 2.04. The van der Waals surface area contributed by atoms with Gasteiger partial charge in [-0.05, 0) is 6.42 Å². The number of carbonyl (C=O) groups excluding carboxylic acids is 1. The number of unbranched alkanes of at least 4 members (excludes halogenated alkanes) is 2. The van der Waals surface area contributed by atoms with Gasteiger partial charge in [0.2, 0.25) is 0 Å². The van der Waals surface area contributed by atoms with Crippen LogP contribution in [-0.2, 0) is 20.4 Å². The normalized spacial score (nSPS) is 22.8. The quantitative estimate of drug-likeness (QED) is 0.534. The van der Waals surface area contributed by atoms with E-state index in [1.807, 2.05) is 6.92 Å². The number of aliphatic hydroxyl groups excluding tert-OH is 1. The first-order valence-corrected chi connectivity index (χ1v) is 8.58. The number of aliphatic hydroxyl groups is 1. The van der Waals surface area contributed by atoms with Crippen LogP contribution < -0.4 is 11.4 Å². The van der Waals surface area contributed by atoms with Crippen molar-refractivity contribution in [2.45, 2.75) is 63.6 Å². The van der Waals surface area contributed by atoms with Gasteiger partial charge in [-0.25, -0.2) is 4.79 Å². The molecule has 8 nitrogen and oxygen atoms in total. The molecule has 0 aliphatic carbocycles. The summed E-state index contributed by atoms with van der Waals surface area (Å²) in [5.74, 6) is -1.38. The number of ether oxygens (including phenoxy) is 2. The van der Waals surface area contributed by atoms with E-state index in [0.29, 0.717) is 17.2 Å². The summed E-state index contributed by atoms with van der Waals surface area (Å²) in [5.41, 5.74) is 2.86. The summed E-state index contributed by atoms with van der Waals surface area (Å²) in [6.07, 6.45) is -4.93. The van der Waals surface area contributed by atoms with Crippen molar-refractivity contribution in [2.75, 3.05) is 12.3 Å². The van der Waals surface area contributed by atoms with Crippen molar-refractivity contribution in [3.8, 4) is 0 Å². The molecular formula is C16H22F3N3O5. The van der Waals surface area contributed by atoms with Crippen LogP contribution in [0.5, 0.6) is 0 Å². The first-order chi connectivity index (χ1) is 12.6. The molecule has 1 fully saturated rings. The van der Waals surface area contributed by atoms with Crippen LogP contribution in [0.2, 0.25) is 0 Å². The van der Waals surface area contributed by atoms with E-state index in [1.165, 1.54) is 0 Å². The van der Waals surface area contributed by atoms with Gasteiger partial charge in [0.05, 0.1) is 6.10 Å². The van der Waals surface area contributed by atoms with E-state index in [1.54, 1.807) is 0 Å². The number of esters is 1. The first kappa shape index (κ1) is 21.2. The van der Waals surface area contributed by atoms with Crippen molar-refractivity contribution in [1.29, 1.82) is 0 Å². The molecule has 0 unspecified atom stereocenters. The molecule has 1 aromatic rings. The monoisotopic (exact) mass is 393 g/mol. The molecule has 11 heteroatoms. The maximum absolute atomic E-state index is 13.0. The molecule has 152 valence electrons. The second-order valence-electron chi connectivity index (χ2n) is 6.30. The van der Waals surface area contributed by atoms with Crippen LogP contribution >= 0.6 is 0 Å². The lowest BCUT2D eigenvalue weighted by molar-refractivity contribution is -0.150. The van der Waals surface area contributed by atoms with Gasteiger partial charge in [0, 0.05) is 19.0 Å². The fourth-order valence-electron chi connectivity index (χ4n) is 2.71. The van der Waals surface area contributed by atoms with Crippen molar-refractivity contribution in [2.24, 2.45) is 0 Å². The summed E-state index contributed by atoms with van der Waals surface area (Å²) in [7, 11) is 0. The molecule has 2 rings (SSSR count). The van der Waals surface area contributed by atoms with Gasteiger partial charge in [0.15, 0.2) is 0 Å². The Kier molecular flexibility index (Phi) is 6.82. The molecule has 1 aromatic heterocycles. The Morgan fingerprint density at radius 2 is 2.19 bits per heavy atom. The lowest BCUT2D eigenvalue weighted by Gasteiger charge is -2.18.